The lowest BCUT2D eigenvalue weighted by Gasteiger charge is -2.56. The number of rotatable bonds is 6. The fraction of sp³-hybridized carbons (Fsp3) is 0.545. The molecule has 4 saturated carbocycles. The molecule has 0 saturated heterocycles. The van der Waals surface area contributed by atoms with Crippen LogP contribution in [0.25, 0.3) is 0 Å². The summed E-state index contributed by atoms with van der Waals surface area (Å²) < 4.78 is 25.1. The number of sulfone groups is 1. The summed E-state index contributed by atoms with van der Waals surface area (Å²) in [5.74, 6) is 2.58. The van der Waals surface area contributed by atoms with E-state index in [9.17, 15) is 13.2 Å². The quantitative estimate of drug-likeness (QED) is 0.699. The number of hydrogen-bond donors (Lipinski definition) is 0. The zero-order chi connectivity index (χ0) is 19.4. The van der Waals surface area contributed by atoms with Crippen LogP contribution in [0.5, 0.6) is 0 Å². The summed E-state index contributed by atoms with van der Waals surface area (Å²) in [5.41, 5.74) is 0.832. The molecule has 2 aromatic rings. The first kappa shape index (κ1) is 18.5. The fourth-order valence-corrected chi connectivity index (χ4v) is 8.47. The minimum atomic E-state index is -3.40. The van der Waals surface area contributed by atoms with Crippen LogP contribution >= 0.6 is 11.3 Å². The normalized spacial score (nSPS) is 31.2. The number of nitrogens with zero attached hydrogens (tertiary/aromatic N) is 1. The molecule has 28 heavy (non-hydrogen) atoms. The number of hydrogen-bond acceptors (Lipinski definition) is 5. The Balaban J connectivity index is 1.29. The first-order valence-corrected chi connectivity index (χ1v) is 12.7. The van der Waals surface area contributed by atoms with Crippen LogP contribution in [-0.4, -0.2) is 19.2 Å². The lowest BCUT2D eigenvalue weighted by Crippen LogP contribution is -2.50. The summed E-state index contributed by atoms with van der Waals surface area (Å²) in [5, 5.41) is 2.38. The molecule has 1 heterocycles. The molecule has 1 aromatic carbocycles. The minimum Gasteiger partial charge on any atom is -0.299 e. The molecule has 0 N–H and O–H groups in total. The van der Waals surface area contributed by atoms with Crippen LogP contribution < -0.4 is 0 Å². The number of ketones is 1. The lowest BCUT2D eigenvalue weighted by molar-refractivity contribution is -0.143. The summed E-state index contributed by atoms with van der Waals surface area (Å²) in [6.07, 6.45) is 9.29. The summed E-state index contributed by atoms with van der Waals surface area (Å²) in [6.45, 7) is 0. The molecule has 148 valence electrons. The topological polar surface area (TPSA) is 64.1 Å². The molecule has 4 fully saturated rings. The van der Waals surface area contributed by atoms with Gasteiger partial charge in [0, 0.05) is 23.4 Å². The smallest absolute Gasteiger partial charge is 0.184 e. The third-order valence-electron chi connectivity index (χ3n) is 7.07. The van der Waals surface area contributed by atoms with E-state index in [0.717, 1.165) is 42.6 Å². The van der Waals surface area contributed by atoms with Crippen LogP contribution in [0.2, 0.25) is 0 Å². The van der Waals surface area contributed by atoms with E-state index in [4.69, 9.17) is 0 Å². The van der Waals surface area contributed by atoms with E-state index < -0.39 is 9.84 Å². The van der Waals surface area contributed by atoms with E-state index >= 15 is 0 Å². The molecule has 0 spiro atoms. The standard InChI is InChI=1S/C22H25NO3S2/c24-20(22-11-16-7-17(12-22)9-18(8-16)13-22)10-15-1-3-19(4-2-15)28(25,26)14-21-23-5-6-27-21/h1-6,16-18H,7-14H2. The average molecular weight is 416 g/mol. The van der Waals surface area contributed by atoms with Crippen molar-refractivity contribution in [2.24, 2.45) is 23.2 Å². The van der Waals surface area contributed by atoms with Crippen LogP contribution in [0.1, 0.15) is 49.1 Å². The van der Waals surface area contributed by atoms with Crippen molar-refractivity contribution in [2.75, 3.05) is 0 Å². The minimum absolute atomic E-state index is 0.0732. The third kappa shape index (κ3) is 3.35. The maximum absolute atomic E-state index is 13.2. The number of carbonyl (C=O) groups excluding carboxylic acids is 1. The second-order valence-electron chi connectivity index (χ2n) is 9.13. The summed E-state index contributed by atoms with van der Waals surface area (Å²) in [7, 11) is -3.40. The summed E-state index contributed by atoms with van der Waals surface area (Å²) in [6, 6.07) is 6.91. The second kappa shape index (κ2) is 6.77. The molecule has 4 nitrogen and oxygen atoms in total. The van der Waals surface area contributed by atoms with E-state index in [1.807, 2.05) is 12.1 Å². The zero-order valence-corrected chi connectivity index (χ0v) is 17.5. The van der Waals surface area contributed by atoms with Crippen LogP contribution in [0.3, 0.4) is 0 Å². The van der Waals surface area contributed by atoms with Gasteiger partial charge in [0.05, 0.1) is 4.90 Å². The third-order valence-corrected chi connectivity index (χ3v) is 9.68. The van der Waals surface area contributed by atoms with Crippen molar-refractivity contribution in [3.05, 3.63) is 46.4 Å². The molecule has 4 aliphatic carbocycles. The number of carbonyl (C=O) groups is 1. The molecule has 0 radical (unpaired) electrons. The van der Waals surface area contributed by atoms with E-state index in [0.29, 0.717) is 22.1 Å². The van der Waals surface area contributed by atoms with Gasteiger partial charge in [-0.15, -0.1) is 11.3 Å². The molecule has 0 unspecified atom stereocenters. The monoisotopic (exact) mass is 415 g/mol. The van der Waals surface area contributed by atoms with Crippen LogP contribution in [-0.2, 0) is 26.8 Å². The molecule has 0 atom stereocenters. The molecule has 0 amide bonds. The Morgan fingerprint density at radius 3 is 2.18 bits per heavy atom. The van der Waals surface area contributed by atoms with Crippen molar-refractivity contribution in [3.63, 3.8) is 0 Å². The van der Waals surface area contributed by atoms with E-state index in [2.05, 4.69) is 4.98 Å². The van der Waals surface area contributed by atoms with Gasteiger partial charge in [0.15, 0.2) is 9.84 Å². The summed E-state index contributed by atoms with van der Waals surface area (Å²) in [4.78, 5) is 17.6. The van der Waals surface area contributed by atoms with Gasteiger partial charge in [-0.2, -0.15) is 0 Å². The second-order valence-corrected chi connectivity index (χ2v) is 12.1. The Bertz CT molecular complexity index is 942. The Hall–Kier alpha value is -1.53. The van der Waals surface area contributed by atoms with Crippen molar-refractivity contribution in [2.45, 2.75) is 55.6 Å². The molecule has 1 aromatic heterocycles. The molecular weight excluding hydrogens is 390 g/mol. The Labute approximate surface area is 170 Å². The van der Waals surface area contributed by atoms with Gasteiger partial charge in [0.2, 0.25) is 0 Å². The number of Topliss-reactive ketones (excluding diaryl/α,β-unsaturated/α-hetero) is 1. The highest BCUT2D eigenvalue weighted by atomic mass is 32.2. The van der Waals surface area contributed by atoms with Gasteiger partial charge in [-0.05, 0) is 74.0 Å². The van der Waals surface area contributed by atoms with Crippen molar-refractivity contribution in [3.8, 4) is 0 Å². The Morgan fingerprint density at radius 1 is 1.04 bits per heavy atom. The van der Waals surface area contributed by atoms with Gasteiger partial charge in [-0.1, -0.05) is 12.1 Å². The molecular formula is C22H25NO3S2. The van der Waals surface area contributed by atoms with Gasteiger partial charge >= 0.3 is 0 Å². The van der Waals surface area contributed by atoms with E-state index in [1.54, 1.807) is 23.7 Å². The first-order chi connectivity index (χ1) is 13.4. The lowest BCUT2D eigenvalue weighted by atomic mass is 9.48. The molecule has 6 rings (SSSR count). The van der Waals surface area contributed by atoms with Gasteiger partial charge < -0.3 is 0 Å². The van der Waals surface area contributed by atoms with Crippen molar-refractivity contribution >= 4 is 27.0 Å². The maximum Gasteiger partial charge on any atom is 0.184 e. The van der Waals surface area contributed by atoms with Crippen molar-refractivity contribution in [1.82, 2.24) is 4.98 Å². The predicted octanol–water partition coefficient (Wildman–Crippen LogP) is 4.45. The van der Waals surface area contributed by atoms with Gasteiger partial charge in [-0.25, -0.2) is 13.4 Å². The summed E-state index contributed by atoms with van der Waals surface area (Å²) >= 11 is 1.35. The SMILES string of the molecule is O=C(Cc1ccc(S(=O)(=O)Cc2nccs2)cc1)C12CC3CC(CC(C3)C1)C2. The highest BCUT2D eigenvalue weighted by Gasteiger charge is 2.53. The number of benzene rings is 1. The number of thiazole rings is 1. The van der Waals surface area contributed by atoms with E-state index in [-0.39, 0.29) is 11.2 Å². The fourth-order valence-electron chi connectivity index (χ4n) is 6.21. The van der Waals surface area contributed by atoms with Crippen molar-refractivity contribution in [1.29, 1.82) is 0 Å². The highest BCUT2D eigenvalue weighted by Crippen LogP contribution is 2.60. The van der Waals surface area contributed by atoms with Crippen LogP contribution in [0.4, 0.5) is 0 Å². The Morgan fingerprint density at radius 2 is 1.64 bits per heavy atom. The Kier molecular flexibility index (Phi) is 4.47. The molecule has 0 aliphatic heterocycles. The van der Waals surface area contributed by atoms with E-state index in [1.165, 1.54) is 30.6 Å². The first-order valence-electron chi connectivity index (χ1n) is 10.2. The zero-order valence-electron chi connectivity index (χ0n) is 15.8. The largest absolute Gasteiger partial charge is 0.299 e. The highest BCUT2D eigenvalue weighted by molar-refractivity contribution is 7.90. The predicted molar refractivity (Wildman–Crippen MR) is 109 cm³/mol. The van der Waals surface area contributed by atoms with Crippen LogP contribution in [0, 0.1) is 23.2 Å². The van der Waals surface area contributed by atoms with Gasteiger partial charge in [-0.3, -0.25) is 4.79 Å². The average Bonchev–Trinajstić information content (AvgIpc) is 3.13. The van der Waals surface area contributed by atoms with Crippen LogP contribution in [0.15, 0.2) is 40.7 Å². The molecule has 4 aliphatic rings. The number of aromatic nitrogens is 1. The van der Waals surface area contributed by atoms with Gasteiger partial charge in [0.1, 0.15) is 16.5 Å². The molecule has 4 bridgehead atoms. The molecule has 6 heteroatoms. The van der Waals surface area contributed by atoms with Gasteiger partial charge in [0.25, 0.3) is 0 Å². The van der Waals surface area contributed by atoms with Crippen molar-refractivity contribution < 1.29 is 13.2 Å². The maximum atomic E-state index is 13.2.